The lowest BCUT2D eigenvalue weighted by atomic mass is 9.86. The highest BCUT2D eigenvalue weighted by molar-refractivity contribution is 5.93. The molecule has 3 rings (SSSR count). The minimum atomic E-state index is -0.399. The summed E-state index contributed by atoms with van der Waals surface area (Å²) in [5, 5.41) is 0. The molecule has 0 heterocycles. The molecule has 0 spiro atoms. The van der Waals surface area contributed by atoms with Crippen molar-refractivity contribution in [1.29, 1.82) is 0 Å². The van der Waals surface area contributed by atoms with Gasteiger partial charge >= 0.3 is 0 Å². The molecule has 0 radical (unpaired) electrons. The number of hydrogen-bond donors (Lipinski definition) is 1. The van der Waals surface area contributed by atoms with Crippen molar-refractivity contribution in [2.45, 2.75) is 51.4 Å². The lowest BCUT2D eigenvalue weighted by Gasteiger charge is -2.21. The SMILES string of the molecule is NC(=O)c1ccc(-c2ccc(OCCCCC3CCCCC3)cc2)cc1. The lowest BCUT2D eigenvalue weighted by molar-refractivity contribution is 0.100. The van der Waals surface area contributed by atoms with E-state index in [1.165, 1.54) is 44.9 Å². The maximum absolute atomic E-state index is 11.1. The van der Waals surface area contributed by atoms with E-state index in [0.29, 0.717) is 5.56 Å². The van der Waals surface area contributed by atoms with Gasteiger partial charge in [0.1, 0.15) is 5.75 Å². The van der Waals surface area contributed by atoms with E-state index < -0.39 is 5.91 Å². The van der Waals surface area contributed by atoms with Gasteiger partial charge in [-0.05, 0) is 54.2 Å². The Morgan fingerprint density at radius 3 is 2.12 bits per heavy atom. The number of carbonyl (C=O) groups is 1. The smallest absolute Gasteiger partial charge is 0.248 e. The van der Waals surface area contributed by atoms with Crippen molar-refractivity contribution in [3.63, 3.8) is 0 Å². The third kappa shape index (κ3) is 5.35. The summed E-state index contributed by atoms with van der Waals surface area (Å²) in [6, 6.07) is 15.5. The van der Waals surface area contributed by atoms with Crippen LogP contribution < -0.4 is 10.5 Å². The van der Waals surface area contributed by atoms with Crippen molar-refractivity contribution in [2.75, 3.05) is 6.61 Å². The molecule has 3 nitrogen and oxygen atoms in total. The van der Waals surface area contributed by atoms with E-state index in [1.807, 2.05) is 24.3 Å². The van der Waals surface area contributed by atoms with E-state index >= 15 is 0 Å². The molecular weight excluding hydrogens is 322 g/mol. The minimum absolute atomic E-state index is 0.399. The summed E-state index contributed by atoms with van der Waals surface area (Å²) >= 11 is 0. The average molecular weight is 351 g/mol. The number of rotatable bonds is 8. The van der Waals surface area contributed by atoms with Crippen molar-refractivity contribution in [2.24, 2.45) is 11.7 Å². The molecular formula is C23H29NO2. The van der Waals surface area contributed by atoms with Gasteiger partial charge in [-0.1, -0.05) is 62.8 Å². The van der Waals surface area contributed by atoms with E-state index in [4.69, 9.17) is 10.5 Å². The second kappa shape index (κ2) is 9.42. The van der Waals surface area contributed by atoms with Crippen molar-refractivity contribution >= 4 is 5.91 Å². The van der Waals surface area contributed by atoms with Crippen LogP contribution in [0.15, 0.2) is 48.5 Å². The molecule has 0 saturated heterocycles. The molecule has 1 aliphatic carbocycles. The first-order chi connectivity index (χ1) is 12.7. The summed E-state index contributed by atoms with van der Waals surface area (Å²) in [4.78, 5) is 11.1. The van der Waals surface area contributed by atoms with Gasteiger partial charge in [0.2, 0.25) is 5.91 Å². The highest BCUT2D eigenvalue weighted by Gasteiger charge is 2.12. The number of amides is 1. The largest absolute Gasteiger partial charge is 0.494 e. The van der Waals surface area contributed by atoms with Crippen LogP contribution in [0.3, 0.4) is 0 Å². The van der Waals surface area contributed by atoms with Crippen molar-refractivity contribution < 1.29 is 9.53 Å². The van der Waals surface area contributed by atoms with E-state index in [0.717, 1.165) is 35.8 Å². The van der Waals surface area contributed by atoms with Crippen LogP contribution in [0.1, 0.15) is 61.7 Å². The molecule has 1 aliphatic rings. The Labute approximate surface area is 156 Å². The summed E-state index contributed by atoms with van der Waals surface area (Å²) in [5.41, 5.74) is 7.97. The zero-order valence-corrected chi connectivity index (χ0v) is 15.5. The van der Waals surface area contributed by atoms with Crippen LogP contribution in [0.25, 0.3) is 11.1 Å². The predicted octanol–water partition coefficient (Wildman–Crippen LogP) is 5.58. The van der Waals surface area contributed by atoms with Gasteiger partial charge in [-0.25, -0.2) is 0 Å². The number of ether oxygens (including phenoxy) is 1. The molecule has 0 aromatic heterocycles. The fourth-order valence-electron chi connectivity index (χ4n) is 3.77. The number of hydrogen-bond acceptors (Lipinski definition) is 2. The predicted molar refractivity (Wildman–Crippen MR) is 106 cm³/mol. The van der Waals surface area contributed by atoms with E-state index in [2.05, 4.69) is 12.1 Å². The average Bonchev–Trinajstić information content (AvgIpc) is 2.69. The Morgan fingerprint density at radius 2 is 1.50 bits per heavy atom. The molecule has 2 N–H and O–H groups in total. The standard InChI is InChI=1S/C23H29NO2/c24-23(25)21-11-9-19(10-12-21)20-13-15-22(16-14-20)26-17-5-4-8-18-6-2-1-3-7-18/h9-16,18H,1-8,17H2,(H2,24,25). The highest BCUT2D eigenvalue weighted by Crippen LogP contribution is 2.28. The summed E-state index contributed by atoms with van der Waals surface area (Å²) in [7, 11) is 0. The summed E-state index contributed by atoms with van der Waals surface area (Å²) < 4.78 is 5.88. The zero-order valence-electron chi connectivity index (χ0n) is 15.5. The minimum Gasteiger partial charge on any atom is -0.494 e. The fourth-order valence-corrected chi connectivity index (χ4v) is 3.77. The van der Waals surface area contributed by atoms with E-state index in [-0.39, 0.29) is 0 Å². The Bertz CT molecular complexity index is 685. The number of benzene rings is 2. The van der Waals surface area contributed by atoms with Crippen LogP contribution in [-0.4, -0.2) is 12.5 Å². The Balaban J connectivity index is 1.41. The van der Waals surface area contributed by atoms with Crippen LogP contribution in [0.2, 0.25) is 0 Å². The topological polar surface area (TPSA) is 52.3 Å². The maximum Gasteiger partial charge on any atom is 0.248 e. The van der Waals surface area contributed by atoms with E-state index in [1.54, 1.807) is 12.1 Å². The first kappa shape index (κ1) is 18.5. The Morgan fingerprint density at radius 1 is 0.885 bits per heavy atom. The van der Waals surface area contributed by atoms with Gasteiger partial charge in [0.05, 0.1) is 6.61 Å². The van der Waals surface area contributed by atoms with Crippen LogP contribution in [0, 0.1) is 5.92 Å². The molecule has 1 fully saturated rings. The third-order valence-electron chi connectivity index (χ3n) is 5.36. The fraction of sp³-hybridized carbons (Fsp3) is 0.435. The summed E-state index contributed by atoms with van der Waals surface area (Å²) in [5.74, 6) is 1.48. The monoisotopic (exact) mass is 351 g/mol. The van der Waals surface area contributed by atoms with Crippen molar-refractivity contribution in [1.82, 2.24) is 0 Å². The second-order valence-electron chi connectivity index (χ2n) is 7.31. The van der Waals surface area contributed by atoms with Crippen molar-refractivity contribution in [3.05, 3.63) is 54.1 Å². The lowest BCUT2D eigenvalue weighted by Crippen LogP contribution is -2.10. The van der Waals surface area contributed by atoms with E-state index in [9.17, 15) is 4.79 Å². The van der Waals surface area contributed by atoms with Gasteiger partial charge in [0, 0.05) is 5.56 Å². The van der Waals surface area contributed by atoms with Gasteiger partial charge in [0.25, 0.3) is 0 Å². The molecule has 1 amide bonds. The summed E-state index contributed by atoms with van der Waals surface area (Å²) in [6.45, 7) is 0.791. The summed E-state index contributed by atoms with van der Waals surface area (Å²) in [6.07, 6.45) is 10.9. The van der Waals surface area contributed by atoms with Crippen LogP contribution >= 0.6 is 0 Å². The first-order valence-electron chi connectivity index (χ1n) is 9.85. The Hall–Kier alpha value is -2.29. The van der Waals surface area contributed by atoms with Crippen LogP contribution in [-0.2, 0) is 0 Å². The molecule has 0 aliphatic heterocycles. The highest BCUT2D eigenvalue weighted by atomic mass is 16.5. The van der Waals surface area contributed by atoms with Gasteiger partial charge in [-0.3, -0.25) is 4.79 Å². The molecule has 26 heavy (non-hydrogen) atoms. The quantitative estimate of drug-likeness (QED) is 0.631. The van der Waals surface area contributed by atoms with Gasteiger partial charge in [0.15, 0.2) is 0 Å². The van der Waals surface area contributed by atoms with Crippen LogP contribution in [0.5, 0.6) is 5.75 Å². The van der Waals surface area contributed by atoms with Crippen molar-refractivity contribution in [3.8, 4) is 16.9 Å². The Kier molecular flexibility index (Phi) is 6.70. The van der Waals surface area contributed by atoms with Gasteiger partial charge < -0.3 is 10.5 Å². The molecule has 0 unspecified atom stereocenters. The number of carbonyl (C=O) groups excluding carboxylic acids is 1. The molecule has 2 aromatic rings. The number of nitrogens with two attached hydrogens (primary N) is 1. The molecule has 3 heteroatoms. The molecule has 0 bridgehead atoms. The molecule has 2 aromatic carbocycles. The number of primary amides is 1. The number of unbranched alkanes of at least 4 members (excludes halogenated alkanes) is 1. The first-order valence-corrected chi connectivity index (χ1v) is 9.85. The third-order valence-corrected chi connectivity index (χ3v) is 5.36. The van der Waals surface area contributed by atoms with Gasteiger partial charge in [-0.15, -0.1) is 0 Å². The molecule has 138 valence electrons. The zero-order chi connectivity index (χ0) is 18.2. The normalized spacial score (nSPS) is 14.9. The van der Waals surface area contributed by atoms with Crippen LogP contribution in [0.4, 0.5) is 0 Å². The van der Waals surface area contributed by atoms with Gasteiger partial charge in [-0.2, -0.15) is 0 Å². The molecule has 1 saturated carbocycles. The second-order valence-corrected chi connectivity index (χ2v) is 7.31. The molecule has 0 atom stereocenters. The maximum atomic E-state index is 11.1.